The zero-order valence-corrected chi connectivity index (χ0v) is 16.7. The molecule has 3 rings (SSSR count). The van der Waals surface area contributed by atoms with Crippen LogP contribution in [0.4, 0.5) is 15.3 Å². The van der Waals surface area contributed by atoms with Crippen LogP contribution in [0.3, 0.4) is 0 Å². The Bertz CT molecular complexity index is 750. The van der Waals surface area contributed by atoms with E-state index in [-0.39, 0.29) is 29.6 Å². The van der Waals surface area contributed by atoms with Crippen molar-refractivity contribution >= 4 is 23.7 Å². The lowest BCUT2D eigenvalue weighted by Crippen LogP contribution is -2.48. The molecule has 0 aliphatic carbocycles. The molecule has 0 spiro atoms. The highest BCUT2D eigenvalue weighted by Crippen LogP contribution is 2.20. The molecule has 2 aliphatic rings. The molecule has 0 atom stereocenters. The molecule has 2 saturated heterocycles. The van der Waals surface area contributed by atoms with Crippen molar-refractivity contribution in [2.75, 3.05) is 31.5 Å². The molecular formula is C20H29N5O3. The average Bonchev–Trinajstić information content (AvgIpc) is 3.06. The first-order chi connectivity index (χ1) is 13.2. The van der Waals surface area contributed by atoms with E-state index in [0.717, 1.165) is 19.4 Å². The summed E-state index contributed by atoms with van der Waals surface area (Å²) in [6, 6.07) is 6.93. The summed E-state index contributed by atoms with van der Waals surface area (Å²) >= 11 is 0. The minimum absolute atomic E-state index is 0.00625. The lowest BCUT2D eigenvalue weighted by atomic mass is 10.0. The molecule has 5 amide bonds. The van der Waals surface area contributed by atoms with E-state index in [1.165, 1.54) is 0 Å². The summed E-state index contributed by atoms with van der Waals surface area (Å²) in [7, 11) is 0. The number of hydrogen-bond acceptors (Lipinski definition) is 3. The van der Waals surface area contributed by atoms with Crippen molar-refractivity contribution in [2.24, 2.45) is 0 Å². The molecule has 8 nitrogen and oxygen atoms in total. The topological polar surface area (TPSA) is 93.8 Å². The maximum atomic E-state index is 12.6. The first-order valence-corrected chi connectivity index (χ1v) is 9.76. The van der Waals surface area contributed by atoms with Gasteiger partial charge in [0, 0.05) is 49.0 Å². The maximum Gasteiger partial charge on any atom is 0.321 e. The first-order valence-electron chi connectivity index (χ1n) is 9.76. The Balaban J connectivity index is 1.54. The summed E-state index contributed by atoms with van der Waals surface area (Å²) in [4.78, 5) is 40.3. The van der Waals surface area contributed by atoms with Gasteiger partial charge < -0.3 is 25.8 Å². The fourth-order valence-electron chi connectivity index (χ4n) is 3.57. The van der Waals surface area contributed by atoms with Gasteiger partial charge in [0.05, 0.1) is 0 Å². The van der Waals surface area contributed by atoms with Crippen LogP contribution in [-0.4, -0.2) is 65.5 Å². The minimum Gasteiger partial charge on any atom is -0.347 e. The highest BCUT2D eigenvalue weighted by atomic mass is 16.2. The Morgan fingerprint density at radius 2 is 1.86 bits per heavy atom. The number of piperidine rings is 1. The number of carbonyl (C=O) groups is 3. The second-order valence-corrected chi connectivity index (χ2v) is 8.36. The molecular weight excluding hydrogens is 358 g/mol. The zero-order chi connectivity index (χ0) is 20.3. The number of amides is 5. The van der Waals surface area contributed by atoms with Crippen LogP contribution in [0.2, 0.25) is 0 Å². The smallest absolute Gasteiger partial charge is 0.321 e. The summed E-state index contributed by atoms with van der Waals surface area (Å²) in [6.45, 7) is 8.40. The van der Waals surface area contributed by atoms with Crippen LogP contribution in [0.1, 0.15) is 44.0 Å². The fourth-order valence-corrected chi connectivity index (χ4v) is 3.57. The molecule has 2 fully saturated rings. The average molecular weight is 387 g/mol. The predicted octanol–water partition coefficient (Wildman–Crippen LogP) is 2.24. The quantitative estimate of drug-likeness (QED) is 0.742. The standard InChI is InChI=1S/C20H29N5O3/c1-20(2,3)23-17(26)14-5-4-6-15(13-14)22-19(28)24-10-7-16(8-11-24)25-12-9-21-18(25)27/h4-6,13,16H,7-12H2,1-3H3,(H,21,27)(H,22,28)(H,23,26). The van der Waals surface area contributed by atoms with E-state index in [2.05, 4.69) is 16.0 Å². The van der Waals surface area contributed by atoms with Crippen molar-refractivity contribution in [3.63, 3.8) is 0 Å². The number of rotatable bonds is 3. The second kappa shape index (κ2) is 8.08. The number of nitrogens with one attached hydrogen (secondary N) is 3. The number of likely N-dealkylation sites (tertiary alicyclic amines) is 1. The van der Waals surface area contributed by atoms with Crippen LogP contribution in [0, 0.1) is 0 Å². The molecule has 0 saturated carbocycles. The van der Waals surface area contributed by atoms with Crippen molar-refractivity contribution < 1.29 is 14.4 Å². The van der Waals surface area contributed by atoms with Crippen LogP contribution >= 0.6 is 0 Å². The molecule has 0 unspecified atom stereocenters. The van der Waals surface area contributed by atoms with E-state index < -0.39 is 0 Å². The molecule has 1 aromatic rings. The summed E-state index contributed by atoms with van der Waals surface area (Å²) < 4.78 is 0. The van der Waals surface area contributed by atoms with Crippen LogP contribution in [0.25, 0.3) is 0 Å². The lowest BCUT2D eigenvalue weighted by molar-refractivity contribution is 0.0919. The van der Waals surface area contributed by atoms with E-state index in [0.29, 0.717) is 30.9 Å². The molecule has 2 aliphatic heterocycles. The van der Waals surface area contributed by atoms with Crippen LogP contribution in [-0.2, 0) is 0 Å². The highest BCUT2D eigenvalue weighted by molar-refractivity contribution is 5.97. The van der Waals surface area contributed by atoms with Gasteiger partial charge >= 0.3 is 12.1 Å². The minimum atomic E-state index is -0.326. The van der Waals surface area contributed by atoms with E-state index in [4.69, 9.17) is 0 Å². The summed E-state index contributed by atoms with van der Waals surface area (Å²) in [5.74, 6) is -0.173. The van der Waals surface area contributed by atoms with E-state index in [9.17, 15) is 14.4 Å². The molecule has 1 aromatic carbocycles. The Morgan fingerprint density at radius 1 is 1.14 bits per heavy atom. The van der Waals surface area contributed by atoms with E-state index in [1.807, 2.05) is 25.7 Å². The van der Waals surface area contributed by atoms with Gasteiger partial charge in [-0.05, 0) is 51.8 Å². The zero-order valence-electron chi connectivity index (χ0n) is 16.7. The maximum absolute atomic E-state index is 12.6. The number of urea groups is 2. The molecule has 2 heterocycles. The van der Waals surface area contributed by atoms with Crippen molar-refractivity contribution in [2.45, 2.75) is 45.2 Å². The number of benzene rings is 1. The van der Waals surface area contributed by atoms with Gasteiger partial charge in [0.15, 0.2) is 0 Å². The summed E-state index contributed by atoms with van der Waals surface area (Å²) in [5, 5.41) is 8.62. The molecule has 8 heteroatoms. The second-order valence-electron chi connectivity index (χ2n) is 8.36. The van der Waals surface area contributed by atoms with Gasteiger partial charge in [-0.25, -0.2) is 9.59 Å². The third kappa shape index (κ3) is 4.94. The van der Waals surface area contributed by atoms with E-state index in [1.54, 1.807) is 29.2 Å². The van der Waals surface area contributed by atoms with Gasteiger partial charge in [0.1, 0.15) is 0 Å². The van der Waals surface area contributed by atoms with Crippen molar-refractivity contribution in [1.29, 1.82) is 0 Å². The molecule has 28 heavy (non-hydrogen) atoms. The Kier molecular flexibility index (Phi) is 5.76. The van der Waals surface area contributed by atoms with Crippen molar-refractivity contribution in [3.8, 4) is 0 Å². The normalized spacial score (nSPS) is 18.0. The molecule has 0 radical (unpaired) electrons. The van der Waals surface area contributed by atoms with Gasteiger partial charge in [-0.2, -0.15) is 0 Å². The number of anilines is 1. The number of carbonyl (C=O) groups excluding carboxylic acids is 3. The fraction of sp³-hybridized carbons (Fsp3) is 0.550. The van der Waals surface area contributed by atoms with E-state index >= 15 is 0 Å². The molecule has 152 valence electrons. The predicted molar refractivity (Wildman–Crippen MR) is 107 cm³/mol. The third-order valence-electron chi connectivity index (χ3n) is 4.95. The largest absolute Gasteiger partial charge is 0.347 e. The monoisotopic (exact) mass is 387 g/mol. The third-order valence-corrected chi connectivity index (χ3v) is 4.95. The number of nitrogens with zero attached hydrogens (tertiary/aromatic N) is 2. The summed E-state index contributed by atoms with van der Waals surface area (Å²) in [5.41, 5.74) is 0.770. The summed E-state index contributed by atoms with van der Waals surface area (Å²) in [6.07, 6.45) is 1.55. The van der Waals surface area contributed by atoms with Crippen molar-refractivity contribution in [1.82, 2.24) is 20.4 Å². The van der Waals surface area contributed by atoms with Gasteiger partial charge in [0.25, 0.3) is 5.91 Å². The van der Waals surface area contributed by atoms with Gasteiger partial charge in [-0.1, -0.05) is 6.07 Å². The number of hydrogen-bond donors (Lipinski definition) is 3. The molecule has 0 bridgehead atoms. The van der Waals surface area contributed by atoms with Gasteiger partial charge in [-0.15, -0.1) is 0 Å². The van der Waals surface area contributed by atoms with Crippen LogP contribution in [0.15, 0.2) is 24.3 Å². The molecule has 3 N–H and O–H groups in total. The highest BCUT2D eigenvalue weighted by Gasteiger charge is 2.31. The Hall–Kier alpha value is -2.77. The van der Waals surface area contributed by atoms with Crippen LogP contribution < -0.4 is 16.0 Å². The van der Waals surface area contributed by atoms with Gasteiger partial charge in [0.2, 0.25) is 0 Å². The van der Waals surface area contributed by atoms with Crippen molar-refractivity contribution in [3.05, 3.63) is 29.8 Å². The SMILES string of the molecule is CC(C)(C)NC(=O)c1cccc(NC(=O)N2CCC(N3CCNC3=O)CC2)c1. The lowest BCUT2D eigenvalue weighted by Gasteiger charge is -2.36. The Labute approximate surface area is 165 Å². The van der Waals surface area contributed by atoms with Gasteiger partial charge in [-0.3, -0.25) is 4.79 Å². The first kappa shape index (κ1) is 20.0. The van der Waals surface area contributed by atoms with Crippen LogP contribution in [0.5, 0.6) is 0 Å². The Morgan fingerprint density at radius 3 is 2.46 bits per heavy atom. The molecule has 0 aromatic heterocycles.